The Morgan fingerprint density at radius 2 is 1.37 bits per heavy atom. The van der Waals surface area contributed by atoms with E-state index >= 15 is 0 Å². The van der Waals surface area contributed by atoms with E-state index < -0.39 is 11.9 Å². The van der Waals surface area contributed by atoms with E-state index in [1.54, 1.807) is 6.07 Å². The molecule has 2 aromatic carbocycles. The van der Waals surface area contributed by atoms with Gasteiger partial charge in [0, 0.05) is 30.8 Å². The topological polar surface area (TPSA) is 150 Å². The van der Waals surface area contributed by atoms with Crippen LogP contribution >= 0.6 is 0 Å². The predicted octanol–water partition coefficient (Wildman–Crippen LogP) is 2.88. The van der Waals surface area contributed by atoms with Gasteiger partial charge in [0.15, 0.2) is 23.0 Å². The van der Waals surface area contributed by atoms with E-state index in [-0.39, 0.29) is 30.4 Å². The minimum atomic E-state index is -1.07. The van der Waals surface area contributed by atoms with Crippen LogP contribution in [0.25, 0.3) is 0 Å². The minimum Gasteiger partial charge on any atom is -0.478 e. The SMILES string of the molecule is CC(C)CNc1cc2c(cc1C(=O)O)OCO2.Nc1cc2c(cc1C(=O)O)OCO2. The number of hydrogen-bond acceptors (Lipinski definition) is 8. The van der Waals surface area contributed by atoms with Gasteiger partial charge in [0.2, 0.25) is 13.6 Å². The molecule has 0 amide bonds. The number of carboxylic acid groups (broad SMARTS) is 2. The number of carboxylic acids is 2. The smallest absolute Gasteiger partial charge is 0.337 e. The van der Waals surface area contributed by atoms with Crippen molar-refractivity contribution in [1.82, 2.24) is 0 Å². The molecule has 0 saturated heterocycles. The molecule has 160 valence electrons. The van der Waals surface area contributed by atoms with Gasteiger partial charge in [-0.05, 0) is 5.92 Å². The van der Waals surface area contributed by atoms with E-state index in [1.165, 1.54) is 18.2 Å². The van der Waals surface area contributed by atoms with Gasteiger partial charge in [-0.2, -0.15) is 0 Å². The lowest BCUT2D eigenvalue weighted by molar-refractivity contribution is 0.0686. The first-order valence-electron chi connectivity index (χ1n) is 9.09. The van der Waals surface area contributed by atoms with Crippen LogP contribution in [0.2, 0.25) is 0 Å². The maximum Gasteiger partial charge on any atom is 0.337 e. The fourth-order valence-electron chi connectivity index (χ4n) is 2.72. The second-order valence-electron chi connectivity index (χ2n) is 6.93. The number of nitrogens with one attached hydrogen (secondary N) is 1. The minimum absolute atomic E-state index is 0.0317. The van der Waals surface area contributed by atoms with E-state index in [1.807, 2.05) is 0 Å². The zero-order chi connectivity index (χ0) is 21.8. The summed E-state index contributed by atoms with van der Waals surface area (Å²) in [7, 11) is 0. The molecule has 0 atom stereocenters. The van der Waals surface area contributed by atoms with Crippen molar-refractivity contribution in [2.45, 2.75) is 13.8 Å². The van der Waals surface area contributed by atoms with Crippen molar-refractivity contribution in [2.75, 3.05) is 31.2 Å². The molecule has 0 aliphatic carbocycles. The van der Waals surface area contributed by atoms with Crippen molar-refractivity contribution in [3.05, 3.63) is 35.4 Å². The lowest BCUT2D eigenvalue weighted by atomic mass is 10.1. The molecule has 0 radical (unpaired) electrons. The van der Waals surface area contributed by atoms with Crippen LogP contribution in [-0.4, -0.2) is 42.3 Å². The van der Waals surface area contributed by atoms with Gasteiger partial charge in [-0.15, -0.1) is 0 Å². The van der Waals surface area contributed by atoms with Gasteiger partial charge in [0.1, 0.15) is 0 Å². The van der Waals surface area contributed by atoms with E-state index in [4.69, 9.17) is 34.9 Å². The standard InChI is InChI=1S/C12H15NO4.C8H7NO4/c1-7(2)5-13-9-4-11-10(16-6-17-11)3-8(9)12(14)15;9-5-2-7-6(12-3-13-7)1-4(5)8(10)11/h3-4,7,13H,5-6H2,1-2H3,(H,14,15);1-2H,3,9H2,(H,10,11). The van der Waals surface area contributed by atoms with Crippen LogP contribution in [0.5, 0.6) is 23.0 Å². The van der Waals surface area contributed by atoms with Crippen LogP contribution in [0.1, 0.15) is 34.6 Å². The monoisotopic (exact) mass is 418 g/mol. The van der Waals surface area contributed by atoms with Crippen LogP contribution in [-0.2, 0) is 0 Å². The quantitative estimate of drug-likeness (QED) is 0.534. The molecule has 2 aromatic rings. The number of carbonyl (C=O) groups is 2. The number of anilines is 2. The summed E-state index contributed by atoms with van der Waals surface area (Å²) >= 11 is 0. The molecule has 0 fully saturated rings. The van der Waals surface area contributed by atoms with E-state index in [9.17, 15) is 9.59 Å². The Balaban J connectivity index is 0.000000177. The Morgan fingerprint density at radius 3 is 1.87 bits per heavy atom. The number of nitrogens with two attached hydrogens (primary N) is 1. The summed E-state index contributed by atoms with van der Waals surface area (Å²) in [5.74, 6) is 0.361. The molecule has 0 aromatic heterocycles. The van der Waals surface area contributed by atoms with Crippen molar-refractivity contribution in [2.24, 2.45) is 5.92 Å². The molecule has 2 aliphatic heterocycles. The van der Waals surface area contributed by atoms with Crippen LogP contribution in [0, 0.1) is 5.92 Å². The maximum absolute atomic E-state index is 11.1. The predicted molar refractivity (Wildman–Crippen MR) is 107 cm³/mol. The van der Waals surface area contributed by atoms with Crippen LogP contribution < -0.4 is 30.0 Å². The molecule has 2 aliphatic rings. The molecule has 10 nitrogen and oxygen atoms in total. The first kappa shape index (κ1) is 20.9. The van der Waals surface area contributed by atoms with Crippen LogP contribution in [0.4, 0.5) is 11.4 Å². The van der Waals surface area contributed by atoms with Gasteiger partial charge < -0.3 is 40.2 Å². The second-order valence-corrected chi connectivity index (χ2v) is 6.93. The van der Waals surface area contributed by atoms with Crippen molar-refractivity contribution in [1.29, 1.82) is 0 Å². The summed E-state index contributed by atoms with van der Waals surface area (Å²) in [6.45, 7) is 5.07. The molecule has 2 heterocycles. The number of hydrogen-bond donors (Lipinski definition) is 4. The lowest BCUT2D eigenvalue weighted by Gasteiger charge is -2.12. The summed E-state index contributed by atoms with van der Waals surface area (Å²) < 4.78 is 20.4. The molecule has 5 N–H and O–H groups in total. The normalized spacial score (nSPS) is 12.9. The number of aromatic carboxylic acids is 2. The second kappa shape index (κ2) is 8.68. The average Bonchev–Trinajstić information content (AvgIpc) is 3.33. The third-order valence-electron chi connectivity index (χ3n) is 4.22. The summed E-state index contributed by atoms with van der Waals surface area (Å²) in [6.07, 6.45) is 0. The van der Waals surface area contributed by atoms with Gasteiger partial charge in [-0.1, -0.05) is 13.8 Å². The average molecular weight is 418 g/mol. The molecule has 10 heteroatoms. The highest BCUT2D eigenvalue weighted by Gasteiger charge is 2.21. The van der Waals surface area contributed by atoms with Gasteiger partial charge >= 0.3 is 11.9 Å². The van der Waals surface area contributed by atoms with Crippen LogP contribution in [0.15, 0.2) is 24.3 Å². The maximum atomic E-state index is 11.1. The van der Waals surface area contributed by atoms with Crippen LogP contribution in [0.3, 0.4) is 0 Å². The van der Waals surface area contributed by atoms with Gasteiger partial charge in [-0.25, -0.2) is 9.59 Å². The van der Waals surface area contributed by atoms with E-state index in [0.29, 0.717) is 41.1 Å². The van der Waals surface area contributed by atoms with Gasteiger partial charge in [0.25, 0.3) is 0 Å². The molecule has 0 saturated carbocycles. The van der Waals surface area contributed by atoms with Gasteiger partial charge in [-0.3, -0.25) is 0 Å². The highest BCUT2D eigenvalue weighted by Crippen LogP contribution is 2.37. The lowest BCUT2D eigenvalue weighted by Crippen LogP contribution is -2.11. The zero-order valence-corrected chi connectivity index (χ0v) is 16.4. The van der Waals surface area contributed by atoms with E-state index in [0.717, 1.165) is 0 Å². The Hall–Kier alpha value is -3.82. The van der Waals surface area contributed by atoms with Crippen molar-refractivity contribution in [3.63, 3.8) is 0 Å². The number of rotatable bonds is 5. The van der Waals surface area contributed by atoms with Gasteiger partial charge in [0.05, 0.1) is 22.5 Å². The Labute approximate surface area is 172 Å². The fourth-order valence-corrected chi connectivity index (χ4v) is 2.72. The molecule has 0 spiro atoms. The zero-order valence-electron chi connectivity index (χ0n) is 16.4. The fraction of sp³-hybridized carbons (Fsp3) is 0.300. The Morgan fingerprint density at radius 1 is 0.900 bits per heavy atom. The van der Waals surface area contributed by atoms with Crippen molar-refractivity contribution >= 4 is 23.3 Å². The Bertz CT molecular complexity index is 974. The summed E-state index contributed by atoms with van der Waals surface area (Å²) in [6, 6.07) is 5.98. The highest BCUT2D eigenvalue weighted by molar-refractivity contribution is 5.96. The Kier molecular flexibility index (Phi) is 6.05. The first-order valence-corrected chi connectivity index (χ1v) is 9.09. The molecule has 0 unspecified atom stereocenters. The molecule has 4 rings (SSSR count). The summed E-state index contributed by atoms with van der Waals surface area (Å²) in [5, 5.41) is 21.0. The van der Waals surface area contributed by atoms with Crippen molar-refractivity contribution in [3.8, 4) is 23.0 Å². The molecular formula is C20H22N2O8. The first-order chi connectivity index (χ1) is 14.3. The summed E-state index contributed by atoms with van der Waals surface area (Å²) in [4.78, 5) is 21.8. The third kappa shape index (κ3) is 4.59. The number of nitrogen functional groups attached to an aromatic ring is 1. The number of ether oxygens (including phenoxy) is 4. The number of benzene rings is 2. The largest absolute Gasteiger partial charge is 0.478 e. The number of fused-ring (bicyclic) bond motifs is 2. The van der Waals surface area contributed by atoms with Crippen molar-refractivity contribution < 1.29 is 38.7 Å². The third-order valence-corrected chi connectivity index (χ3v) is 4.22. The molecule has 30 heavy (non-hydrogen) atoms. The summed E-state index contributed by atoms with van der Waals surface area (Å²) in [5.41, 5.74) is 6.46. The molecular weight excluding hydrogens is 396 g/mol. The molecule has 0 bridgehead atoms. The van der Waals surface area contributed by atoms with E-state index in [2.05, 4.69) is 19.2 Å². The highest BCUT2D eigenvalue weighted by atomic mass is 16.7.